The molecule has 19 heavy (non-hydrogen) atoms. The summed E-state index contributed by atoms with van der Waals surface area (Å²) >= 11 is 0. The van der Waals surface area contributed by atoms with E-state index in [2.05, 4.69) is 5.32 Å². The Hall–Kier alpha value is -1.27. The van der Waals surface area contributed by atoms with Crippen LogP contribution in [0.5, 0.6) is 0 Å². The van der Waals surface area contributed by atoms with E-state index in [0.717, 1.165) is 13.8 Å². The molecule has 1 amide bonds. The Labute approximate surface area is 110 Å². The van der Waals surface area contributed by atoms with Gasteiger partial charge in [-0.25, -0.2) is 0 Å². The minimum atomic E-state index is -4.41. The van der Waals surface area contributed by atoms with Crippen molar-refractivity contribution < 1.29 is 27.9 Å². The summed E-state index contributed by atoms with van der Waals surface area (Å²) in [6, 6.07) is 0. The number of carbonyl (C=O) groups is 2. The molecule has 0 aromatic carbocycles. The number of halogens is 3. The number of rotatable bonds is 8. The van der Waals surface area contributed by atoms with Gasteiger partial charge in [-0.05, 0) is 12.8 Å². The lowest BCUT2D eigenvalue weighted by Crippen LogP contribution is -2.38. The lowest BCUT2D eigenvalue weighted by Gasteiger charge is -2.26. The molecule has 0 aliphatic rings. The molecular weight excluding hydrogens is 263 g/mol. The smallest absolute Gasteiger partial charge is 0.394 e. The molecule has 0 spiro atoms. The fourth-order valence-corrected chi connectivity index (χ4v) is 1.37. The van der Waals surface area contributed by atoms with E-state index < -0.39 is 29.9 Å². The first-order valence-corrected chi connectivity index (χ1v) is 6.11. The second kappa shape index (κ2) is 7.35. The topological polar surface area (TPSA) is 66.4 Å². The summed E-state index contributed by atoms with van der Waals surface area (Å²) in [6.45, 7) is 2.24. The lowest BCUT2D eigenvalue weighted by atomic mass is 9.88. The molecule has 0 atom stereocenters. The van der Waals surface area contributed by atoms with Crippen LogP contribution in [0.2, 0.25) is 0 Å². The zero-order chi connectivity index (χ0) is 15.1. The van der Waals surface area contributed by atoms with Crippen molar-refractivity contribution in [3.05, 3.63) is 0 Å². The summed E-state index contributed by atoms with van der Waals surface area (Å²) in [5, 5.41) is 10.8. The van der Waals surface area contributed by atoms with Gasteiger partial charge in [0, 0.05) is 19.4 Å². The molecule has 0 saturated heterocycles. The maximum Gasteiger partial charge on any atom is 0.394 e. The molecule has 7 heteroatoms. The van der Waals surface area contributed by atoms with E-state index in [1.54, 1.807) is 0 Å². The SMILES string of the molecule is CC(C)(CC(=O)NCCCCCC(=O)O)C(F)(F)F. The van der Waals surface area contributed by atoms with E-state index >= 15 is 0 Å². The fourth-order valence-electron chi connectivity index (χ4n) is 1.37. The third kappa shape index (κ3) is 7.69. The van der Waals surface area contributed by atoms with Gasteiger partial charge >= 0.3 is 12.1 Å². The number of carboxylic acid groups (broad SMARTS) is 1. The minimum Gasteiger partial charge on any atom is -0.481 e. The molecule has 0 aromatic heterocycles. The van der Waals surface area contributed by atoms with Gasteiger partial charge in [-0.2, -0.15) is 13.2 Å². The second-order valence-corrected chi connectivity index (χ2v) is 5.11. The number of unbranched alkanes of at least 4 members (excludes halogenated alkanes) is 2. The maximum atomic E-state index is 12.5. The summed E-state index contributed by atoms with van der Waals surface area (Å²) in [6.07, 6.45) is -3.27. The number of carbonyl (C=O) groups excluding carboxylic acids is 1. The molecule has 0 unspecified atom stereocenters. The Kier molecular flexibility index (Phi) is 6.86. The van der Waals surface area contributed by atoms with Gasteiger partial charge in [0.05, 0.1) is 5.41 Å². The highest BCUT2D eigenvalue weighted by atomic mass is 19.4. The van der Waals surface area contributed by atoms with Crippen molar-refractivity contribution in [2.24, 2.45) is 5.41 Å². The Morgan fingerprint density at radius 3 is 2.16 bits per heavy atom. The number of aliphatic carboxylic acids is 1. The Morgan fingerprint density at radius 1 is 1.11 bits per heavy atom. The van der Waals surface area contributed by atoms with Crippen molar-refractivity contribution in [3.8, 4) is 0 Å². The van der Waals surface area contributed by atoms with Gasteiger partial charge in [0.1, 0.15) is 0 Å². The Bertz CT molecular complexity index is 314. The zero-order valence-electron chi connectivity index (χ0n) is 11.1. The van der Waals surface area contributed by atoms with Crippen molar-refractivity contribution in [1.29, 1.82) is 0 Å². The molecule has 0 aliphatic heterocycles. The van der Waals surface area contributed by atoms with Crippen LogP contribution in [0.15, 0.2) is 0 Å². The summed E-state index contributed by atoms with van der Waals surface area (Å²) in [4.78, 5) is 21.6. The molecule has 0 rings (SSSR count). The Balaban J connectivity index is 3.80. The van der Waals surface area contributed by atoms with Crippen LogP contribution in [-0.4, -0.2) is 29.7 Å². The third-order valence-corrected chi connectivity index (χ3v) is 2.76. The summed E-state index contributed by atoms with van der Waals surface area (Å²) in [5.41, 5.74) is -2.04. The van der Waals surface area contributed by atoms with Crippen LogP contribution in [0.25, 0.3) is 0 Å². The summed E-state index contributed by atoms with van der Waals surface area (Å²) < 4.78 is 37.6. The van der Waals surface area contributed by atoms with Gasteiger partial charge in [0.2, 0.25) is 5.91 Å². The average Bonchev–Trinajstić information content (AvgIpc) is 2.20. The van der Waals surface area contributed by atoms with E-state index in [-0.39, 0.29) is 13.0 Å². The zero-order valence-corrected chi connectivity index (χ0v) is 11.1. The molecule has 0 radical (unpaired) electrons. The fraction of sp³-hybridized carbons (Fsp3) is 0.833. The molecule has 0 fully saturated rings. The first kappa shape index (κ1) is 17.7. The molecule has 0 heterocycles. The van der Waals surface area contributed by atoms with E-state index in [9.17, 15) is 22.8 Å². The van der Waals surface area contributed by atoms with Gasteiger partial charge in [0.25, 0.3) is 0 Å². The normalized spacial score (nSPS) is 12.3. The molecule has 0 aliphatic carbocycles. The molecule has 0 aromatic rings. The monoisotopic (exact) mass is 283 g/mol. The molecular formula is C12H20F3NO3. The molecule has 4 nitrogen and oxygen atoms in total. The molecule has 0 bridgehead atoms. The van der Waals surface area contributed by atoms with E-state index in [4.69, 9.17) is 5.11 Å². The number of hydrogen-bond acceptors (Lipinski definition) is 2. The van der Waals surface area contributed by atoms with Crippen LogP contribution >= 0.6 is 0 Å². The van der Waals surface area contributed by atoms with Gasteiger partial charge in [-0.15, -0.1) is 0 Å². The van der Waals surface area contributed by atoms with E-state index in [1.807, 2.05) is 0 Å². The van der Waals surface area contributed by atoms with Crippen LogP contribution < -0.4 is 5.32 Å². The summed E-state index contributed by atoms with van der Waals surface area (Å²) in [7, 11) is 0. The van der Waals surface area contributed by atoms with Gasteiger partial charge in [0.15, 0.2) is 0 Å². The highest BCUT2D eigenvalue weighted by molar-refractivity contribution is 5.76. The summed E-state index contributed by atoms with van der Waals surface area (Å²) in [5.74, 6) is -1.52. The predicted molar refractivity (Wildman–Crippen MR) is 63.6 cm³/mol. The molecule has 2 N–H and O–H groups in total. The lowest BCUT2D eigenvalue weighted by molar-refractivity contribution is -0.213. The van der Waals surface area contributed by atoms with Crippen molar-refractivity contribution in [2.75, 3.05) is 6.54 Å². The second-order valence-electron chi connectivity index (χ2n) is 5.11. The van der Waals surface area contributed by atoms with E-state index in [0.29, 0.717) is 19.3 Å². The molecule has 0 saturated carbocycles. The van der Waals surface area contributed by atoms with Crippen molar-refractivity contribution in [2.45, 2.75) is 52.1 Å². The standard InChI is InChI=1S/C12H20F3NO3/c1-11(2,12(13,14)15)8-9(17)16-7-5-3-4-6-10(18)19/h3-8H2,1-2H3,(H,16,17)(H,18,19). The minimum absolute atomic E-state index is 0.0645. The highest BCUT2D eigenvalue weighted by Gasteiger charge is 2.48. The van der Waals surface area contributed by atoms with Crippen LogP contribution in [0, 0.1) is 5.41 Å². The van der Waals surface area contributed by atoms with Gasteiger partial charge in [-0.1, -0.05) is 20.3 Å². The Morgan fingerprint density at radius 2 is 1.68 bits per heavy atom. The van der Waals surface area contributed by atoms with Crippen LogP contribution in [0.4, 0.5) is 13.2 Å². The van der Waals surface area contributed by atoms with Crippen molar-refractivity contribution in [1.82, 2.24) is 5.32 Å². The maximum absolute atomic E-state index is 12.5. The largest absolute Gasteiger partial charge is 0.481 e. The first-order chi connectivity index (χ1) is 8.56. The number of carboxylic acids is 1. The number of amides is 1. The van der Waals surface area contributed by atoms with Crippen molar-refractivity contribution >= 4 is 11.9 Å². The predicted octanol–water partition coefficient (Wildman–Crippen LogP) is 2.73. The van der Waals surface area contributed by atoms with Crippen LogP contribution in [0.1, 0.15) is 46.0 Å². The average molecular weight is 283 g/mol. The number of hydrogen-bond donors (Lipinski definition) is 2. The van der Waals surface area contributed by atoms with Crippen LogP contribution in [0.3, 0.4) is 0 Å². The van der Waals surface area contributed by atoms with Gasteiger partial charge in [-0.3, -0.25) is 9.59 Å². The number of alkyl halides is 3. The third-order valence-electron chi connectivity index (χ3n) is 2.76. The molecule has 112 valence electrons. The van der Waals surface area contributed by atoms with Crippen LogP contribution in [-0.2, 0) is 9.59 Å². The van der Waals surface area contributed by atoms with E-state index in [1.165, 1.54) is 0 Å². The van der Waals surface area contributed by atoms with Gasteiger partial charge < -0.3 is 10.4 Å². The van der Waals surface area contributed by atoms with Crippen molar-refractivity contribution in [3.63, 3.8) is 0 Å². The highest BCUT2D eigenvalue weighted by Crippen LogP contribution is 2.40. The quantitative estimate of drug-likeness (QED) is 0.673. The first-order valence-electron chi connectivity index (χ1n) is 6.11. The number of nitrogens with one attached hydrogen (secondary N) is 1.